The average molecular weight is 356 g/mol. The first-order valence-corrected chi connectivity index (χ1v) is 8.52. The first-order chi connectivity index (χ1) is 12.0. The number of aryl methyl sites for hydroxylation is 1. The number of hydrogen-bond donors (Lipinski definition) is 1. The number of hydrogen-bond acceptors (Lipinski definition) is 3. The van der Waals surface area contributed by atoms with Crippen LogP contribution in [0, 0.1) is 6.92 Å². The zero-order chi connectivity index (χ0) is 17.8. The molecule has 1 aromatic heterocycles. The van der Waals surface area contributed by atoms with Crippen LogP contribution in [0.25, 0.3) is 10.9 Å². The van der Waals surface area contributed by atoms with Crippen molar-refractivity contribution in [2.45, 2.75) is 25.0 Å². The van der Waals surface area contributed by atoms with Gasteiger partial charge >= 0.3 is 5.97 Å². The van der Waals surface area contributed by atoms with Crippen LogP contribution in [0.4, 0.5) is 0 Å². The standard InChI is InChI=1S/C20H18ClNO3/c1-12-15-10-14(21)8-9-17(15)22-18(12)16(13-6-4-3-5-7-13)11-20(22,24)19(23)25-2/h3-10,16,24H,11H2,1-2H3/t16-,20+/m1/s1. The van der Waals surface area contributed by atoms with Crippen LogP contribution in [0.2, 0.25) is 5.02 Å². The highest BCUT2D eigenvalue weighted by Crippen LogP contribution is 2.49. The SMILES string of the molecule is COC(=O)[C@@]1(O)C[C@H](c2ccccc2)c2c(C)c3cc(Cl)ccc3n21. The third-order valence-corrected chi connectivity index (χ3v) is 5.37. The van der Waals surface area contributed by atoms with Crippen LogP contribution in [0.5, 0.6) is 0 Å². The molecule has 0 bridgehead atoms. The van der Waals surface area contributed by atoms with Crippen LogP contribution in [0.15, 0.2) is 48.5 Å². The molecule has 0 fully saturated rings. The number of aliphatic hydroxyl groups is 1. The van der Waals surface area contributed by atoms with E-state index in [1.165, 1.54) is 7.11 Å². The molecule has 3 aromatic rings. The number of methoxy groups -OCH3 is 1. The van der Waals surface area contributed by atoms with Gasteiger partial charge in [-0.1, -0.05) is 41.9 Å². The number of rotatable bonds is 2. The van der Waals surface area contributed by atoms with Gasteiger partial charge in [0.2, 0.25) is 5.72 Å². The van der Waals surface area contributed by atoms with E-state index in [0.717, 1.165) is 27.7 Å². The lowest BCUT2D eigenvalue weighted by Gasteiger charge is -2.23. The van der Waals surface area contributed by atoms with Gasteiger partial charge in [-0.15, -0.1) is 0 Å². The largest absolute Gasteiger partial charge is 0.465 e. The number of aromatic nitrogens is 1. The number of carbonyl (C=O) groups is 1. The second-order valence-corrected chi connectivity index (χ2v) is 6.92. The first kappa shape index (κ1) is 16.2. The molecule has 1 aliphatic heterocycles. The van der Waals surface area contributed by atoms with Crippen LogP contribution < -0.4 is 0 Å². The van der Waals surface area contributed by atoms with Gasteiger partial charge in [0.15, 0.2) is 0 Å². The van der Waals surface area contributed by atoms with E-state index in [9.17, 15) is 9.90 Å². The fraction of sp³-hybridized carbons (Fsp3) is 0.250. The van der Waals surface area contributed by atoms with Crippen molar-refractivity contribution in [3.8, 4) is 0 Å². The molecular weight excluding hydrogens is 338 g/mol. The highest BCUT2D eigenvalue weighted by atomic mass is 35.5. The normalized spacial score (nSPS) is 22.2. The van der Waals surface area contributed by atoms with Gasteiger partial charge in [-0.25, -0.2) is 4.79 Å². The highest BCUT2D eigenvalue weighted by molar-refractivity contribution is 6.31. The number of carbonyl (C=O) groups excluding carboxylic acids is 1. The summed E-state index contributed by atoms with van der Waals surface area (Å²) in [6, 6.07) is 15.4. The molecule has 0 unspecified atom stereocenters. The lowest BCUT2D eigenvalue weighted by atomic mass is 9.89. The van der Waals surface area contributed by atoms with E-state index in [4.69, 9.17) is 16.3 Å². The van der Waals surface area contributed by atoms with Crippen molar-refractivity contribution in [2.75, 3.05) is 7.11 Å². The number of esters is 1. The number of fused-ring (bicyclic) bond motifs is 3. The Labute approximate surface area is 150 Å². The maximum atomic E-state index is 12.5. The molecule has 0 amide bonds. The van der Waals surface area contributed by atoms with Crippen molar-refractivity contribution in [2.24, 2.45) is 0 Å². The summed E-state index contributed by atoms with van der Waals surface area (Å²) in [6.45, 7) is 2.00. The maximum absolute atomic E-state index is 12.5. The predicted octanol–water partition coefficient (Wildman–Crippen LogP) is 3.96. The van der Waals surface area contributed by atoms with E-state index in [-0.39, 0.29) is 12.3 Å². The van der Waals surface area contributed by atoms with Crippen LogP contribution >= 0.6 is 11.6 Å². The number of benzene rings is 2. The molecule has 128 valence electrons. The molecule has 2 heterocycles. The quantitative estimate of drug-likeness (QED) is 0.708. The predicted molar refractivity (Wildman–Crippen MR) is 96.8 cm³/mol. The summed E-state index contributed by atoms with van der Waals surface area (Å²) in [7, 11) is 1.30. The molecule has 4 rings (SSSR count). The van der Waals surface area contributed by atoms with Gasteiger partial charge < -0.3 is 14.4 Å². The molecular formula is C20H18ClNO3. The third-order valence-electron chi connectivity index (χ3n) is 5.13. The van der Waals surface area contributed by atoms with E-state index < -0.39 is 11.7 Å². The second-order valence-electron chi connectivity index (χ2n) is 6.48. The third kappa shape index (κ3) is 2.21. The zero-order valence-corrected chi connectivity index (χ0v) is 14.7. The molecule has 1 N–H and O–H groups in total. The topological polar surface area (TPSA) is 51.5 Å². The first-order valence-electron chi connectivity index (χ1n) is 8.14. The summed E-state index contributed by atoms with van der Waals surface area (Å²) in [5, 5.41) is 12.8. The van der Waals surface area contributed by atoms with Crippen molar-refractivity contribution in [3.63, 3.8) is 0 Å². The Bertz CT molecular complexity index is 980. The van der Waals surface area contributed by atoms with Crippen molar-refractivity contribution in [1.29, 1.82) is 0 Å². The summed E-state index contributed by atoms with van der Waals surface area (Å²) in [5.74, 6) is -0.754. The van der Waals surface area contributed by atoms with E-state index in [1.807, 2.05) is 49.4 Å². The van der Waals surface area contributed by atoms with E-state index in [1.54, 1.807) is 10.6 Å². The van der Waals surface area contributed by atoms with Crippen molar-refractivity contribution in [1.82, 2.24) is 4.57 Å². The van der Waals surface area contributed by atoms with Gasteiger partial charge in [0.05, 0.1) is 12.6 Å². The van der Waals surface area contributed by atoms with Crippen LogP contribution in [-0.4, -0.2) is 22.8 Å². The van der Waals surface area contributed by atoms with Crippen LogP contribution in [-0.2, 0) is 15.3 Å². The molecule has 25 heavy (non-hydrogen) atoms. The van der Waals surface area contributed by atoms with Gasteiger partial charge in [0, 0.05) is 28.4 Å². The molecule has 2 atom stereocenters. The van der Waals surface area contributed by atoms with E-state index >= 15 is 0 Å². The monoisotopic (exact) mass is 355 g/mol. The summed E-state index contributed by atoms with van der Waals surface area (Å²) in [6.07, 6.45) is 0.248. The Balaban J connectivity index is 2.05. The van der Waals surface area contributed by atoms with Gasteiger partial charge in [0.25, 0.3) is 0 Å². The summed E-state index contributed by atoms with van der Waals surface area (Å²) in [5.41, 5.74) is 2.05. The summed E-state index contributed by atoms with van der Waals surface area (Å²) >= 11 is 6.16. The lowest BCUT2D eigenvalue weighted by Crippen LogP contribution is -2.40. The van der Waals surface area contributed by atoms with Gasteiger partial charge in [-0.2, -0.15) is 0 Å². The fourth-order valence-corrected chi connectivity index (χ4v) is 4.20. The molecule has 0 spiro atoms. The lowest BCUT2D eigenvalue weighted by molar-refractivity contribution is -0.172. The van der Waals surface area contributed by atoms with Crippen LogP contribution in [0.1, 0.15) is 29.2 Å². The minimum absolute atomic E-state index is 0.100. The van der Waals surface area contributed by atoms with Gasteiger partial charge in [-0.3, -0.25) is 0 Å². The molecule has 1 aliphatic rings. The highest BCUT2D eigenvalue weighted by Gasteiger charge is 2.51. The maximum Gasteiger partial charge on any atom is 0.359 e. The Hall–Kier alpha value is -2.30. The number of nitrogens with zero attached hydrogens (tertiary/aromatic N) is 1. The molecule has 0 radical (unpaired) electrons. The van der Waals surface area contributed by atoms with Crippen molar-refractivity contribution >= 4 is 28.5 Å². The smallest absolute Gasteiger partial charge is 0.359 e. The Morgan fingerprint density at radius 1 is 1.28 bits per heavy atom. The Morgan fingerprint density at radius 3 is 2.68 bits per heavy atom. The second kappa shape index (κ2) is 5.61. The molecule has 4 nitrogen and oxygen atoms in total. The Morgan fingerprint density at radius 2 is 2.00 bits per heavy atom. The fourth-order valence-electron chi connectivity index (χ4n) is 4.03. The van der Waals surface area contributed by atoms with Gasteiger partial charge in [0.1, 0.15) is 0 Å². The minimum atomic E-state index is -1.73. The van der Waals surface area contributed by atoms with Crippen molar-refractivity contribution < 1.29 is 14.6 Å². The van der Waals surface area contributed by atoms with Crippen molar-refractivity contribution in [3.05, 3.63) is 70.4 Å². The molecule has 0 saturated heterocycles. The number of ether oxygens (including phenoxy) is 1. The molecule has 0 aliphatic carbocycles. The van der Waals surface area contributed by atoms with E-state index in [2.05, 4.69) is 0 Å². The van der Waals surface area contributed by atoms with Crippen LogP contribution in [0.3, 0.4) is 0 Å². The summed E-state index contributed by atoms with van der Waals surface area (Å²) < 4.78 is 6.64. The number of halogens is 1. The summed E-state index contributed by atoms with van der Waals surface area (Å²) in [4.78, 5) is 12.5. The molecule has 5 heteroatoms. The van der Waals surface area contributed by atoms with Gasteiger partial charge in [-0.05, 0) is 36.2 Å². The minimum Gasteiger partial charge on any atom is -0.465 e. The Kier molecular flexibility index (Phi) is 3.63. The average Bonchev–Trinajstić information content (AvgIpc) is 3.10. The molecule has 0 saturated carbocycles. The molecule has 2 aromatic carbocycles. The zero-order valence-electron chi connectivity index (χ0n) is 14.0. The van der Waals surface area contributed by atoms with E-state index in [0.29, 0.717) is 5.02 Å².